The van der Waals surface area contributed by atoms with Crippen LogP contribution in [0.4, 0.5) is 0 Å². The first kappa shape index (κ1) is 20.4. The molecule has 1 N–H and O–H groups in total. The van der Waals surface area contributed by atoms with E-state index in [0.29, 0.717) is 44.5 Å². The highest BCUT2D eigenvalue weighted by molar-refractivity contribution is 7.53. The van der Waals surface area contributed by atoms with Crippen molar-refractivity contribution in [2.24, 2.45) is 0 Å². The molecule has 0 aliphatic heterocycles. The maximum atomic E-state index is 12.3. The van der Waals surface area contributed by atoms with E-state index >= 15 is 0 Å². The number of hydrogen-bond acceptors (Lipinski definition) is 6. The van der Waals surface area contributed by atoms with Gasteiger partial charge in [0.1, 0.15) is 0 Å². The van der Waals surface area contributed by atoms with Crippen LogP contribution in [0.15, 0.2) is 41.1 Å². The number of oxazole rings is 1. The summed E-state index contributed by atoms with van der Waals surface area (Å²) in [6.07, 6.45) is 2.89. The first-order chi connectivity index (χ1) is 12.6. The van der Waals surface area contributed by atoms with Gasteiger partial charge in [-0.05, 0) is 26.7 Å². The number of nitrogens with one attached hydrogen (secondary N) is 1. The molecule has 2 aromatic rings. The number of amides is 1. The predicted molar refractivity (Wildman–Crippen MR) is 99.2 cm³/mol. The number of rotatable bonds is 11. The van der Waals surface area contributed by atoms with Gasteiger partial charge in [-0.2, -0.15) is 0 Å². The number of carbonyl (C=O) groups excluding carboxylic acids is 1. The second-order valence-electron chi connectivity index (χ2n) is 5.53. The van der Waals surface area contributed by atoms with Crippen LogP contribution >= 0.6 is 7.60 Å². The Hall–Kier alpha value is -1.95. The fourth-order valence-corrected chi connectivity index (χ4v) is 4.21. The SMILES string of the molecule is CCOP(=O)(CCCCNC(=O)c1ncoc1-c1ccccc1)OCC. The number of nitrogens with zero attached hydrogens (tertiary/aromatic N) is 1. The van der Waals surface area contributed by atoms with Crippen molar-refractivity contribution in [3.63, 3.8) is 0 Å². The summed E-state index contributed by atoms with van der Waals surface area (Å²) in [5.41, 5.74) is 1.05. The van der Waals surface area contributed by atoms with Crippen molar-refractivity contribution in [1.29, 1.82) is 0 Å². The molecule has 0 unspecified atom stereocenters. The average Bonchev–Trinajstić information content (AvgIpc) is 3.12. The van der Waals surface area contributed by atoms with Gasteiger partial charge in [0.05, 0.1) is 19.4 Å². The lowest BCUT2D eigenvalue weighted by atomic mass is 10.1. The van der Waals surface area contributed by atoms with Gasteiger partial charge >= 0.3 is 7.60 Å². The van der Waals surface area contributed by atoms with Gasteiger partial charge in [-0.3, -0.25) is 9.36 Å². The number of benzene rings is 1. The Kier molecular flexibility index (Phi) is 8.04. The topological polar surface area (TPSA) is 90.7 Å². The summed E-state index contributed by atoms with van der Waals surface area (Å²) in [4.78, 5) is 16.3. The van der Waals surface area contributed by atoms with Crippen molar-refractivity contribution >= 4 is 13.5 Å². The monoisotopic (exact) mass is 380 g/mol. The van der Waals surface area contributed by atoms with Crippen molar-refractivity contribution in [2.45, 2.75) is 26.7 Å². The summed E-state index contributed by atoms with van der Waals surface area (Å²) in [6, 6.07) is 9.35. The van der Waals surface area contributed by atoms with Crippen LogP contribution in [0.3, 0.4) is 0 Å². The second kappa shape index (κ2) is 10.3. The Balaban J connectivity index is 1.82. The number of hydrogen-bond donors (Lipinski definition) is 1. The lowest BCUT2D eigenvalue weighted by Crippen LogP contribution is -2.25. The molecule has 0 spiro atoms. The fourth-order valence-electron chi connectivity index (χ4n) is 2.48. The summed E-state index contributed by atoms with van der Waals surface area (Å²) in [6.45, 7) is 4.71. The Labute approximate surface area is 153 Å². The highest BCUT2D eigenvalue weighted by atomic mass is 31.2. The summed E-state index contributed by atoms with van der Waals surface area (Å²) < 4.78 is 28.2. The van der Waals surface area contributed by atoms with Gasteiger partial charge in [0, 0.05) is 12.1 Å². The molecule has 0 radical (unpaired) electrons. The predicted octanol–water partition coefficient (Wildman–Crippen LogP) is 4.12. The minimum atomic E-state index is -3.02. The van der Waals surface area contributed by atoms with Crippen molar-refractivity contribution in [2.75, 3.05) is 25.9 Å². The van der Waals surface area contributed by atoms with Crippen LogP contribution in [-0.2, 0) is 13.6 Å². The lowest BCUT2D eigenvalue weighted by Gasteiger charge is -2.16. The molecule has 2 rings (SSSR count). The molecule has 26 heavy (non-hydrogen) atoms. The number of carbonyl (C=O) groups is 1. The molecular weight excluding hydrogens is 355 g/mol. The van der Waals surface area contributed by atoms with Crippen LogP contribution in [0, 0.1) is 0 Å². The Morgan fingerprint density at radius 1 is 1.15 bits per heavy atom. The smallest absolute Gasteiger partial charge is 0.330 e. The van der Waals surface area contributed by atoms with E-state index in [4.69, 9.17) is 13.5 Å². The van der Waals surface area contributed by atoms with Gasteiger partial charge in [-0.1, -0.05) is 30.3 Å². The maximum absolute atomic E-state index is 12.3. The first-order valence-electron chi connectivity index (χ1n) is 8.75. The quantitative estimate of drug-likeness (QED) is 0.466. The van der Waals surface area contributed by atoms with E-state index in [1.165, 1.54) is 6.39 Å². The molecule has 0 fully saturated rings. The summed E-state index contributed by atoms with van der Waals surface area (Å²) in [5, 5.41) is 2.81. The molecule has 8 heteroatoms. The van der Waals surface area contributed by atoms with E-state index in [0.717, 1.165) is 5.56 Å². The molecule has 0 bridgehead atoms. The van der Waals surface area contributed by atoms with Gasteiger partial charge in [0.15, 0.2) is 17.8 Å². The molecule has 1 heterocycles. The largest absolute Gasteiger partial charge is 0.443 e. The Morgan fingerprint density at radius 2 is 1.85 bits per heavy atom. The highest BCUT2D eigenvalue weighted by Crippen LogP contribution is 2.48. The molecule has 0 saturated carbocycles. The summed E-state index contributed by atoms with van der Waals surface area (Å²) >= 11 is 0. The third-order valence-electron chi connectivity index (χ3n) is 3.61. The molecule has 0 atom stereocenters. The third-order valence-corrected chi connectivity index (χ3v) is 5.78. The second-order valence-corrected chi connectivity index (χ2v) is 7.71. The van der Waals surface area contributed by atoms with Crippen molar-refractivity contribution in [3.05, 3.63) is 42.4 Å². The minimum Gasteiger partial charge on any atom is -0.443 e. The standard InChI is InChI=1S/C18H25N2O5P/c1-3-24-26(22,25-4-2)13-9-8-12-19-18(21)16-17(23-14-20-16)15-10-6-5-7-11-15/h5-7,10-11,14H,3-4,8-9,12-13H2,1-2H3,(H,19,21). The minimum absolute atomic E-state index is 0.255. The molecule has 7 nitrogen and oxygen atoms in total. The van der Waals surface area contributed by atoms with E-state index in [-0.39, 0.29) is 11.6 Å². The normalized spacial score (nSPS) is 11.5. The molecule has 1 aromatic heterocycles. The first-order valence-corrected chi connectivity index (χ1v) is 10.5. The molecule has 142 valence electrons. The zero-order chi connectivity index (χ0) is 18.8. The third kappa shape index (κ3) is 5.80. The van der Waals surface area contributed by atoms with Gasteiger partial charge in [0.2, 0.25) is 0 Å². The Bertz CT molecular complexity index is 722. The zero-order valence-electron chi connectivity index (χ0n) is 15.1. The van der Waals surface area contributed by atoms with Gasteiger partial charge in [0.25, 0.3) is 5.91 Å². The van der Waals surface area contributed by atoms with E-state index in [2.05, 4.69) is 10.3 Å². The molecule has 1 aromatic carbocycles. The molecule has 1 amide bonds. The fraction of sp³-hybridized carbons (Fsp3) is 0.444. The van der Waals surface area contributed by atoms with Crippen molar-refractivity contribution in [1.82, 2.24) is 10.3 Å². The van der Waals surface area contributed by atoms with Crippen LogP contribution in [0.25, 0.3) is 11.3 Å². The van der Waals surface area contributed by atoms with Crippen molar-refractivity contribution < 1.29 is 22.8 Å². The van der Waals surface area contributed by atoms with E-state index in [1.807, 2.05) is 30.3 Å². The van der Waals surface area contributed by atoms with Crippen LogP contribution in [0.2, 0.25) is 0 Å². The molecule has 0 aliphatic carbocycles. The van der Waals surface area contributed by atoms with Gasteiger partial charge in [-0.25, -0.2) is 4.98 Å². The van der Waals surface area contributed by atoms with Crippen LogP contribution in [0.5, 0.6) is 0 Å². The summed E-state index contributed by atoms with van der Waals surface area (Å²) in [5.74, 6) is 0.149. The Morgan fingerprint density at radius 3 is 2.50 bits per heavy atom. The van der Waals surface area contributed by atoms with E-state index in [1.54, 1.807) is 13.8 Å². The lowest BCUT2D eigenvalue weighted by molar-refractivity contribution is 0.0949. The number of aromatic nitrogens is 1. The average molecular weight is 380 g/mol. The van der Waals surface area contributed by atoms with Crippen LogP contribution in [0.1, 0.15) is 37.2 Å². The van der Waals surface area contributed by atoms with Crippen LogP contribution < -0.4 is 5.32 Å². The number of unbranched alkanes of at least 4 members (excludes halogenated alkanes) is 1. The van der Waals surface area contributed by atoms with E-state index < -0.39 is 7.60 Å². The van der Waals surface area contributed by atoms with E-state index in [9.17, 15) is 9.36 Å². The molecular formula is C18H25N2O5P. The zero-order valence-corrected chi connectivity index (χ0v) is 16.0. The van der Waals surface area contributed by atoms with Gasteiger partial charge in [-0.15, -0.1) is 0 Å². The van der Waals surface area contributed by atoms with Crippen molar-refractivity contribution in [3.8, 4) is 11.3 Å². The molecule has 0 aliphatic rings. The van der Waals surface area contributed by atoms with Crippen LogP contribution in [-0.4, -0.2) is 36.8 Å². The highest BCUT2D eigenvalue weighted by Gasteiger charge is 2.22. The molecule has 0 saturated heterocycles. The van der Waals surface area contributed by atoms with Gasteiger partial charge < -0.3 is 18.8 Å². The maximum Gasteiger partial charge on any atom is 0.330 e. The summed E-state index contributed by atoms with van der Waals surface area (Å²) in [7, 11) is -3.02.